The van der Waals surface area contributed by atoms with Crippen LogP contribution in [0.25, 0.3) is 0 Å². The van der Waals surface area contributed by atoms with Crippen molar-refractivity contribution in [1.29, 1.82) is 0 Å². The van der Waals surface area contributed by atoms with Crippen molar-refractivity contribution in [2.24, 2.45) is 0 Å². The zero-order valence-electron chi connectivity index (χ0n) is 20.4. The summed E-state index contributed by atoms with van der Waals surface area (Å²) in [5, 5.41) is 10.4. The van der Waals surface area contributed by atoms with Crippen LogP contribution in [-0.2, 0) is 10.1 Å². The number of unbranched alkanes of at least 4 members (excludes halogenated alkanes) is 17. The Kier molecular flexibility index (Phi) is 23.9. The molecule has 0 aliphatic carbocycles. The molecule has 0 heterocycles. The topological polar surface area (TPSA) is 77.4 Å². The third-order valence-electron chi connectivity index (χ3n) is 6.06. The predicted molar refractivity (Wildman–Crippen MR) is 123 cm³/mol. The van der Waals surface area contributed by atoms with Crippen LogP contribution in [0.15, 0.2) is 0 Å². The molecule has 4 nitrogen and oxygen atoms in total. The summed E-state index contributed by atoms with van der Waals surface area (Å²) in [5.74, 6) is 0. The fraction of sp³-hybridized carbons (Fsp3) is 1.00. The zero-order chi connectivity index (χ0) is 21.8. The molecule has 0 aromatic heterocycles. The molecule has 0 radical (unpaired) electrons. The average Bonchev–Trinajstić information content (AvgIpc) is 2.67. The molecular formula is C24H49NaO4S. The fourth-order valence-corrected chi connectivity index (χ4v) is 4.76. The third kappa shape index (κ3) is 18.4. The minimum absolute atomic E-state index is 0. The molecule has 0 aromatic carbocycles. The second-order valence-corrected chi connectivity index (χ2v) is 10.6. The average molecular weight is 457 g/mol. The summed E-state index contributed by atoms with van der Waals surface area (Å²) >= 11 is 0. The van der Waals surface area contributed by atoms with Crippen LogP contribution in [0.2, 0.25) is 0 Å². The van der Waals surface area contributed by atoms with Crippen LogP contribution in [-0.4, -0.2) is 23.0 Å². The SMILES string of the molecule is CCCCCCCCCCCCCCCCCC(O)(CCCCCC)S(=O)(=O)[O-].[Na+]. The molecule has 0 rings (SSSR count). The van der Waals surface area contributed by atoms with E-state index in [0.29, 0.717) is 12.8 Å². The second kappa shape index (κ2) is 21.7. The normalized spacial score (nSPS) is 13.7. The molecule has 0 saturated heterocycles. The van der Waals surface area contributed by atoms with Gasteiger partial charge in [-0.1, -0.05) is 123 Å². The standard InChI is InChI=1S/C24H50O4S.Na/c1-3-5-7-9-10-11-12-13-14-15-16-17-18-19-21-23-24(25,29(26,27)28)22-20-8-6-4-2;/h25H,3-23H2,1-2H3,(H,26,27,28);/q;+1/p-1. The van der Waals surface area contributed by atoms with E-state index in [1.807, 2.05) is 0 Å². The van der Waals surface area contributed by atoms with Gasteiger partial charge in [0.15, 0.2) is 4.93 Å². The van der Waals surface area contributed by atoms with Gasteiger partial charge >= 0.3 is 29.6 Å². The van der Waals surface area contributed by atoms with Gasteiger partial charge in [0.2, 0.25) is 0 Å². The molecule has 0 bridgehead atoms. The molecule has 0 amide bonds. The van der Waals surface area contributed by atoms with E-state index in [2.05, 4.69) is 13.8 Å². The first-order valence-corrected chi connectivity index (χ1v) is 14.0. The first kappa shape index (κ1) is 33.0. The van der Waals surface area contributed by atoms with Crippen LogP contribution in [0.5, 0.6) is 0 Å². The first-order chi connectivity index (χ1) is 13.9. The molecule has 0 spiro atoms. The second-order valence-electron chi connectivity index (χ2n) is 8.91. The molecule has 0 aliphatic rings. The molecular weight excluding hydrogens is 407 g/mol. The van der Waals surface area contributed by atoms with E-state index in [-0.39, 0.29) is 42.4 Å². The van der Waals surface area contributed by atoms with Crippen LogP contribution in [0.1, 0.15) is 149 Å². The van der Waals surface area contributed by atoms with Crippen LogP contribution < -0.4 is 29.6 Å². The molecule has 30 heavy (non-hydrogen) atoms. The quantitative estimate of drug-likeness (QED) is 0.148. The Balaban J connectivity index is 0. The van der Waals surface area contributed by atoms with Gasteiger partial charge in [-0.2, -0.15) is 0 Å². The van der Waals surface area contributed by atoms with Gasteiger partial charge in [0.25, 0.3) is 0 Å². The van der Waals surface area contributed by atoms with Gasteiger partial charge in [0.05, 0.1) is 0 Å². The molecule has 1 N–H and O–H groups in total. The number of aliphatic hydroxyl groups is 1. The van der Waals surface area contributed by atoms with E-state index < -0.39 is 15.1 Å². The van der Waals surface area contributed by atoms with Crippen molar-refractivity contribution in [1.82, 2.24) is 0 Å². The van der Waals surface area contributed by atoms with Gasteiger partial charge in [0.1, 0.15) is 10.1 Å². The fourth-order valence-electron chi connectivity index (χ4n) is 3.98. The first-order valence-electron chi connectivity index (χ1n) is 12.5. The summed E-state index contributed by atoms with van der Waals surface area (Å²) in [6, 6.07) is 0. The maximum absolute atomic E-state index is 11.5. The Morgan fingerprint density at radius 2 is 0.800 bits per heavy atom. The van der Waals surface area contributed by atoms with Crippen molar-refractivity contribution in [3.8, 4) is 0 Å². The Hall–Kier alpha value is 0.870. The van der Waals surface area contributed by atoms with E-state index in [9.17, 15) is 18.1 Å². The molecule has 0 fully saturated rings. The van der Waals surface area contributed by atoms with Crippen LogP contribution in [0.3, 0.4) is 0 Å². The largest absolute Gasteiger partial charge is 1.00 e. The van der Waals surface area contributed by atoms with Crippen LogP contribution >= 0.6 is 0 Å². The summed E-state index contributed by atoms with van der Waals surface area (Å²) in [5.41, 5.74) is 0. The molecule has 1 unspecified atom stereocenters. The van der Waals surface area contributed by atoms with Crippen LogP contribution in [0.4, 0.5) is 0 Å². The Bertz CT molecular complexity index is 456. The van der Waals surface area contributed by atoms with Crippen molar-refractivity contribution in [2.75, 3.05) is 0 Å². The third-order valence-corrected chi connectivity index (χ3v) is 7.40. The van der Waals surface area contributed by atoms with Crippen LogP contribution in [0, 0.1) is 0 Å². The number of rotatable bonds is 22. The van der Waals surface area contributed by atoms with Gasteiger partial charge < -0.3 is 9.66 Å². The van der Waals surface area contributed by atoms with E-state index in [0.717, 1.165) is 38.5 Å². The maximum atomic E-state index is 11.5. The molecule has 0 aliphatic heterocycles. The molecule has 1 atom stereocenters. The molecule has 0 aromatic rings. The zero-order valence-corrected chi connectivity index (χ0v) is 23.2. The molecule has 176 valence electrons. The van der Waals surface area contributed by atoms with E-state index in [1.165, 1.54) is 70.6 Å². The van der Waals surface area contributed by atoms with E-state index in [1.54, 1.807) is 0 Å². The van der Waals surface area contributed by atoms with Gasteiger partial charge in [-0.25, -0.2) is 8.42 Å². The van der Waals surface area contributed by atoms with Gasteiger partial charge in [-0.3, -0.25) is 0 Å². The molecule has 6 heteroatoms. The van der Waals surface area contributed by atoms with Crippen molar-refractivity contribution < 1.29 is 47.6 Å². The van der Waals surface area contributed by atoms with Crippen molar-refractivity contribution in [2.45, 2.75) is 154 Å². The Labute approximate surface area is 210 Å². The maximum Gasteiger partial charge on any atom is 1.00 e. The van der Waals surface area contributed by atoms with Gasteiger partial charge in [-0.15, -0.1) is 0 Å². The summed E-state index contributed by atoms with van der Waals surface area (Å²) in [6.07, 6.45) is 22.2. The van der Waals surface area contributed by atoms with Crippen molar-refractivity contribution in [3.63, 3.8) is 0 Å². The van der Waals surface area contributed by atoms with E-state index in [4.69, 9.17) is 0 Å². The summed E-state index contributed by atoms with van der Waals surface area (Å²) < 4.78 is 34.5. The van der Waals surface area contributed by atoms with Crippen molar-refractivity contribution >= 4 is 10.1 Å². The minimum atomic E-state index is -4.67. The summed E-state index contributed by atoms with van der Waals surface area (Å²) in [6.45, 7) is 4.33. The van der Waals surface area contributed by atoms with E-state index >= 15 is 0 Å². The number of hydrogen-bond donors (Lipinski definition) is 1. The monoisotopic (exact) mass is 456 g/mol. The van der Waals surface area contributed by atoms with Crippen molar-refractivity contribution in [3.05, 3.63) is 0 Å². The molecule has 0 saturated carbocycles. The van der Waals surface area contributed by atoms with Gasteiger partial charge in [-0.05, 0) is 25.7 Å². The number of hydrogen-bond acceptors (Lipinski definition) is 4. The minimum Gasteiger partial charge on any atom is -0.746 e. The Morgan fingerprint density at radius 3 is 1.07 bits per heavy atom. The predicted octanol–water partition coefficient (Wildman–Crippen LogP) is 4.46. The smallest absolute Gasteiger partial charge is 0.746 e. The summed E-state index contributed by atoms with van der Waals surface area (Å²) in [7, 11) is -4.67. The summed E-state index contributed by atoms with van der Waals surface area (Å²) in [4.78, 5) is -2.06. The van der Waals surface area contributed by atoms with Gasteiger partial charge in [0, 0.05) is 0 Å². The Morgan fingerprint density at radius 1 is 0.567 bits per heavy atom.